The second-order valence-electron chi connectivity index (χ2n) is 12.3. The summed E-state index contributed by atoms with van der Waals surface area (Å²) in [5.41, 5.74) is 1.45. The van der Waals surface area contributed by atoms with Crippen LogP contribution in [0, 0.1) is 23.3 Å². The molecule has 16 heteroatoms. The van der Waals surface area contributed by atoms with Gasteiger partial charge in [0.2, 0.25) is 0 Å². The Balaban J connectivity index is 0.000000162. The molecular weight excluding hydrogens is 684 g/mol. The molecule has 4 aromatic heterocycles. The van der Waals surface area contributed by atoms with Gasteiger partial charge in [-0.1, -0.05) is 0 Å². The smallest absolute Gasteiger partial charge is 0.343 e. The highest BCUT2D eigenvalue weighted by Gasteiger charge is 2.32. The van der Waals surface area contributed by atoms with E-state index in [-0.39, 0.29) is 41.0 Å². The first-order valence-corrected chi connectivity index (χ1v) is 16.6. The third-order valence-electron chi connectivity index (χ3n) is 9.16. The van der Waals surface area contributed by atoms with E-state index in [0.29, 0.717) is 48.8 Å². The Hall–Kier alpha value is -6.06. The molecule has 8 rings (SSSR count). The molecule has 1 N–H and O–H groups in total. The summed E-state index contributed by atoms with van der Waals surface area (Å²) in [4.78, 5) is 36.1. The van der Waals surface area contributed by atoms with Crippen LogP contribution in [-0.4, -0.2) is 65.9 Å². The highest BCUT2D eigenvalue weighted by molar-refractivity contribution is 5.96. The molecule has 268 valence electrons. The molecule has 12 nitrogen and oxygen atoms in total. The number of halogens is 4. The predicted octanol–water partition coefficient (Wildman–Crippen LogP) is 6.57. The molecule has 0 unspecified atom stereocenters. The Labute approximate surface area is 293 Å². The SMILES string of the molecule is CCOC(=O)c1cnn2ccc(N3CCC[C@@H]3c3cc(F)ccc3F)nc12.O=C(O)c1cnn2ccc(N3CCC[C@@H]3c3cc(F)ccc3F)nc12. The monoisotopic (exact) mass is 716 g/mol. The number of rotatable bonds is 7. The van der Waals surface area contributed by atoms with Crippen molar-refractivity contribution in [3.05, 3.63) is 119 Å². The highest BCUT2D eigenvalue weighted by atomic mass is 19.1. The zero-order valence-corrected chi connectivity index (χ0v) is 27.8. The molecule has 2 fully saturated rings. The molecule has 6 heterocycles. The van der Waals surface area contributed by atoms with Gasteiger partial charge in [0.1, 0.15) is 46.0 Å². The molecule has 2 aliphatic rings. The molecule has 6 aromatic rings. The Morgan fingerprint density at radius 1 is 0.750 bits per heavy atom. The third kappa shape index (κ3) is 6.58. The van der Waals surface area contributed by atoms with Crippen molar-refractivity contribution in [2.24, 2.45) is 0 Å². The van der Waals surface area contributed by atoms with Crippen molar-refractivity contribution in [1.29, 1.82) is 0 Å². The van der Waals surface area contributed by atoms with E-state index >= 15 is 0 Å². The number of carboxylic acids is 1. The van der Waals surface area contributed by atoms with Crippen LogP contribution in [0.5, 0.6) is 0 Å². The van der Waals surface area contributed by atoms with Crippen LogP contribution in [-0.2, 0) is 4.74 Å². The fraction of sp³-hybridized carbons (Fsp3) is 0.278. The molecule has 0 radical (unpaired) electrons. The maximum absolute atomic E-state index is 14.3. The van der Waals surface area contributed by atoms with E-state index in [9.17, 15) is 32.3 Å². The first-order chi connectivity index (χ1) is 25.1. The number of aromatic nitrogens is 6. The number of anilines is 2. The second kappa shape index (κ2) is 14.3. The van der Waals surface area contributed by atoms with Gasteiger partial charge in [-0.2, -0.15) is 10.2 Å². The van der Waals surface area contributed by atoms with Crippen molar-refractivity contribution >= 4 is 34.9 Å². The summed E-state index contributed by atoms with van der Waals surface area (Å²) >= 11 is 0. The first kappa shape index (κ1) is 34.4. The van der Waals surface area contributed by atoms with Crippen LogP contribution in [0.1, 0.15) is 76.5 Å². The summed E-state index contributed by atoms with van der Waals surface area (Å²) in [6.07, 6.45) is 8.95. The maximum Gasteiger partial charge on any atom is 0.343 e. The van der Waals surface area contributed by atoms with Crippen LogP contribution >= 0.6 is 0 Å². The Morgan fingerprint density at radius 3 is 1.71 bits per heavy atom. The lowest BCUT2D eigenvalue weighted by molar-refractivity contribution is 0.0527. The van der Waals surface area contributed by atoms with E-state index in [1.54, 1.807) is 31.5 Å². The molecule has 0 saturated carbocycles. The summed E-state index contributed by atoms with van der Waals surface area (Å²) in [5.74, 6) is -2.37. The topological polar surface area (TPSA) is 130 Å². The number of hydrogen-bond acceptors (Lipinski definition) is 9. The van der Waals surface area contributed by atoms with Gasteiger partial charge >= 0.3 is 11.9 Å². The van der Waals surface area contributed by atoms with Crippen LogP contribution in [0.15, 0.2) is 73.3 Å². The summed E-state index contributed by atoms with van der Waals surface area (Å²) in [6, 6.07) is 9.70. The number of carbonyl (C=O) groups is 2. The molecule has 2 aromatic carbocycles. The van der Waals surface area contributed by atoms with Gasteiger partial charge in [0.25, 0.3) is 0 Å². The molecule has 0 spiro atoms. The summed E-state index contributed by atoms with van der Waals surface area (Å²) in [7, 11) is 0. The van der Waals surface area contributed by atoms with Gasteiger partial charge in [-0.25, -0.2) is 46.1 Å². The molecule has 0 aliphatic carbocycles. The number of carbonyl (C=O) groups excluding carboxylic acids is 1. The average Bonchev–Trinajstić information content (AvgIpc) is 3.96. The van der Waals surface area contributed by atoms with Crippen LogP contribution in [0.25, 0.3) is 11.3 Å². The van der Waals surface area contributed by atoms with Crippen molar-refractivity contribution in [1.82, 2.24) is 29.2 Å². The molecule has 2 atom stereocenters. The van der Waals surface area contributed by atoms with Crippen molar-refractivity contribution in [3.8, 4) is 0 Å². The fourth-order valence-electron chi connectivity index (χ4n) is 6.81. The Morgan fingerprint density at radius 2 is 1.23 bits per heavy atom. The Kier molecular flexibility index (Phi) is 9.45. The minimum Gasteiger partial charge on any atom is -0.477 e. The van der Waals surface area contributed by atoms with Gasteiger partial charge in [0, 0.05) is 36.6 Å². The van der Waals surface area contributed by atoms with Crippen molar-refractivity contribution in [2.75, 3.05) is 29.5 Å². The number of hydrogen-bond donors (Lipinski definition) is 1. The largest absolute Gasteiger partial charge is 0.477 e. The minimum absolute atomic E-state index is 0.00506. The molecule has 2 aliphatic heterocycles. The lowest BCUT2D eigenvalue weighted by Crippen LogP contribution is -2.24. The number of carboxylic acid groups (broad SMARTS) is 1. The number of ether oxygens (including phenoxy) is 1. The van der Waals surface area contributed by atoms with Gasteiger partial charge < -0.3 is 19.6 Å². The van der Waals surface area contributed by atoms with Crippen molar-refractivity contribution in [3.63, 3.8) is 0 Å². The maximum atomic E-state index is 14.3. The minimum atomic E-state index is -1.12. The van der Waals surface area contributed by atoms with E-state index in [1.807, 2.05) is 9.80 Å². The molecule has 0 amide bonds. The summed E-state index contributed by atoms with van der Waals surface area (Å²) < 4.78 is 63.6. The zero-order valence-electron chi connectivity index (χ0n) is 27.8. The molecule has 52 heavy (non-hydrogen) atoms. The van der Waals surface area contributed by atoms with Crippen molar-refractivity contribution in [2.45, 2.75) is 44.7 Å². The van der Waals surface area contributed by atoms with Crippen LogP contribution in [0.4, 0.5) is 29.2 Å². The standard InChI is InChI=1S/C19H18F2N4O2.C17H14F2N4O2/c1-2-27-19(26)14-11-22-25-9-7-17(23-18(14)25)24-8-3-4-16(24)13-10-12(20)5-6-15(13)21;18-10-3-4-13(19)11(8-10)14-2-1-6-22(14)15-5-7-23-16(21-15)12(9-20-23)17(24)25/h5-7,9-11,16H,2-4,8H2,1H3;3-5,7-9,14H,1-2,6H2,(H,24,25)/t16-;14-/m11/s1. The van der Waals surface area contributed by atoms with Gasteiger partial charge in [-0.15, -0.1) is 0 Å². The number of nitrogens with zero attached hydrogens (tertiary/aromatic N) is 8. The lowest BCUT2D eigenvalue weighted by atomic mass is 10.0. The van der Waals surface area contributed by atoms with Gasteiger partial charge in [0.05, 0.1) is 31.1 Å². The van der Waals surface area contributed by atoms with Crippen molar-refractivity contribution < 1.29 is 37.0 Å². The van der Waals surface area contributed by atoms with Gasteiger partial charge in [-0.05, 0) is 81.1 Å². The number of aromatic carboxylic acids is 1. The van der Waals surface area contributed by atoms with Crippen LogP contribution < -0.4 is 9.80 Å². The number of esters is 1. The zero-order chi connectivity index (χ0) is 36.5. The van der Waals surface area contributed by atoms with E-state index in [0.717, 1.165) is 37.1 Å². The first-order valence-electron chi connectivity index (χ1n) is 16.6. The summed E-state index contributed by atoms with van der Waals surface area (Å²) in [5, 5.41) is 17.3. The van der Waals surface area contributed by atoms with Crippen LogP contribution in [0.3, 0.4) is 0 Å². The fourth-order valence-corrected chi connectivity index (χ4v) is 6.81. The quantitative estimate of drug-likeness (QED) is 0.143. The number of benzene rings is 2. The lowest BCUT2D eigenvalue weighted by Gasteiger charge is -2.26. The van der Waals surface area contributed by atoms with E-state index < -0.39 is 35.2 Å². The number of fused-ring (bicyclic) bond motifs is 2. The van der Waals surface area contributed by atoms with Gasteiger partial charge in [-0.3, -0.25) is 0 Å². The summed E-state index contributed by atoms with van der Waals surface area (Å²) in [6.45, 7) is 3.26. The predicted molar refractivity (Wildman–Crippen MR) is 180 cm³/mol. The molecule has 2 saturated heterocycles. The van der Waals surface area contributed by atoms with E-state index in [1.165, 1.54) is 33.6 Å². The van der Waals surface area contributed by atoms with E-state index in [4.69, 9.17) is 4.74 Å². The third-order valence-corrected chi connectivity index (χ3v) is 9.16. The highest BCUT2D eigenvalue weighted by Crippen LogP contribution is 2.38. The normalized spacial score (nSPS) is 17.1. The van der Waals surface area contributed by atoms with Gasteiger partial charge in [0.15, 0.2) is 11.3 Å². The van der Waals surface area contributed by atoms with Crippen LogP contribution in [0.2, 0.25) is 0 Å². The average molecular weight is 717 g/mol. The van der Waals surface area contributed by atoms with E-state index in [2.05, 4.69) is 20.2 Å². The molecule has 0 bridgehead atoms. The Bertz CT molecular complexity index is 2300. The second-order valence-corrected chi connectivity index (χ2v) is 12.3. The molecular formula is C36H32F4N8O4.